The third kappa shape index (κ3) is 3.19. The molecule has 1 aromatic heterocycles. The van der Waals surface area contributed by atoms with Crippen molar-refractivity contribution in [2.75, 3.05) is 0 Å². The number of carbonyl (C=O) groups is 1. The molecule has 1 aliphatic rings. The molecule has 0 saturated heterocycles. The molecule has 1 aliphatic carbocycles. The maximum atomic E-state index is 12.5. The number of benzene rings is 1. The average molecular weight is 338 g/mol. The molecule has 0 amide bonds. The summed E-state index contributed by atoms with van der Waals surface area (Å²) in [6.07, 6.45) is 2.14. The maximum Gasteiger partial charge on any atom is 0.192 e. The lowest BCUT2D eigenvalue weighted by atomic mass is 10.1. The second-order valence-corrected chi connectivity index (χ2v) is 7.03. The average Bonchev–Trinajstić information content (AvgIpc) is 3.28. The molecule has 7 heteroatoms. The van der Waals surface area contributed by atoms with E-state index in [1.807, 2.05) is 11.5 Å². The SMILES string of the molecule is CC(Sc1nnc(CO)n1C1CC1)C(=O)c1ccc(Cl)cc1. The smallest absolute Gasteiger partial charge is 0.192 e. The van der Waals surface area contributed by atoms with Gasteiger partial charge in [0, 0.05) is 16.6 Å². The van der Waals surface area contributed by atoms with E-state index >= 15 is 0 Å². The summed E-state index contributed by atoms with van der Waals surface area (Å²) in [4.78, 5) is 12.5. The van der Waals surface area contributed by atoms with E-state index in [4.69, 9.17) is 11.6 Å². The van der Waals surface area contributed by atoms with Crippen LogP contribution in [0.15, 0.2) is 29.4 Å². The Bertz CT molecular complexity index is 683. The molecule has 0 radical (unpaired) electrons. The lowest BCUT2D eigenvalue weighted by molar-refractivity contribution is 0.0994. The Hall–Kier alpha value is -1.37. The van der Waals surface area contributed by atoms with E-state index < -0.39 is 0 Å². The predicted octanol–water partition coefficient (Wildman–Crippen LogP) is 3.12. The van der Waals surface area contributed by atoms with E-state index in [2.05, 4.69) is 10.2 Å². The molecule has 1 saturated carbocycles. The molecular formula is C15H16ClN3O2S. The minimum Gasteiger partial charge on any atom is -0.388 e. The first-order chi connectivity index (χ1) is 10.6. The Balaban J connectivity index is 1.76. The molecule has 2 aromatic rings. The molecule has 0 spiro atoms. The van der Waals surface area contributed by atoms with Crippen LogP contribution < -0.4 is 0 Å². The highest BCUT2D eigenvalue weighted by atomic mass is 35.5. The van der Waals surface area contributed by atoms with Gasteiger partial charge in [0.05, 0.1) is 5.25 Å². The van der Waals surface area contributed by atoms with E-state index in [0.29, 0.717) is 27.6 Å². The zero-order valence-electron chi connectivity index (χ0n) is 12.1. The predicted molar refractivity (Wildman–Crippen MR) is 85.3 cm³/mol. The van der Waals surface area contributed by atoms with E-state index in [1.54, 1.807) is 24.3 Å². The van der Waals surface area contributed by atoms with Crippen LogP contribution in [-0.2, 0) is 6.61 Å². The minimum absolute atomic E-state index is 0.0255. The number of halogens is 1. The van der Waals surface area contributed by atoms with Gasteiger partial charge in [0.25, 0.3) is 0 Å². The fourth-order valence-electron chi connectivity index (χ4n) is 2.26. The topological polar surface area (TPSA) is 68.0 Å². The van der Waals surface area contributed by atoms with Crippen molar-refractivity contribution < 1.29 is 9.90 Å². The first-order valence-corrected chi connectivity index (χ1v) is 8.37. The summed E-state index contributed by atoms with van der Waals surface area (Å²) in [7, 11) is 0. The van der Waals surface area contributed by atoms with Crippen molar-refractivity contribution in [3.8, 4) is 0 Å². The van der Waals surface area contributed by atoms with Crippen molar-refractivity contribution in [3.63, 3.8) is 0 Å². The van der Waals surface area contributed by atoms with Crippen LogP contribution in [0.25, 0.3) is 0 Å². The summed E-state index contributed by atoms with van der Waals surface area (Å²) in [6, 6.07) is 7.24. The minimum atomic E-state index is -0.283. The first kappa shape index (κ1) is 15.5. The monoisotopic (exact) mass is 337 g/mol. The molecule has 1 N–H and O–H groups in total. The molecule has 1 atom stereocenters. The van der Waals surface area contributed by atoms with Gasteiger partial charge in [-0.25, -0.2) is 0 Å². The van der Waals surface area contributed by atoms with Gasteiger partial charge in [0.1, 0.15) is 6.61 Å². The molecule has 1 unspecified atom stereocenters. The van der Waals surface area contributed by atoms with Crippen LogP contribution in [-0.4, -0.2) is 30.9 Å². The summed E-state index contributed by atoms with van der Waals surface area (Å²) in [5.74, 6) is 0.591. The van der Waals surface area contributed by atoms with Gasteiger partial charge in [0.2, 0.25) is 0 Å². The highest BCUT2D eigenvalue weighted by Crippen LogP contribution is 2.39. The van der Waals surface area contributed by atoms with E-state index in [1.165, 1.54) is 11.8 Å². The van der Waals surface area contributed by atoms with Crippen LogP contribution in [0.3, 0.4) is 0 Å². The number of aliphatic hydroxyl groups excluding tert-OH is 1. The highest BCUT2D eigenvalue weighted by molar-refractivity contribution is 8.00. The Kier molecular flexibility index (Phi) is 4.52. The number of carbonyl (C=O) groups excluding carboxylic acids is 1. The fraction of sp³-hybridized carbons (Fsp3) is 0.400. The molecule has 1 aromatic carbocycles. The Morgan fingerprint density at radius 1 is 1.41 bits per heavy atom. The van der Waals surface area contributed by atoms with Crippen molar-refractivity contribution in [3.05, 3.63) is 40.7 Å². The normalized spacial score (nSPS) is 15.8. The van der Waals surface area contributed by atoms with Crippen LogP contribution in [0.1, 0.15) is 42.0 Å². The van der Waals surface area contributed by atoms with Crippen LogP contribution in [0.4, 0.5) is 0 Å². The van der Waals surface area contributed by atoms with E-state index in [0.717, 1.165) is 12.8 Å². The zero-order chi connectivity index (χ0) is 15.7. The molecule has 22 heavy (non-hydrogen) atoms. The molecule has 1 heterocycles. The lowest BCUT2D eigenvalue weighted by Gasteiger charge is -2.12. The lowest BCUT2D eigenvalue weighted by Crippen LogP contribution is -2.15. The Morgan fingerprint density at radius 2 is 2.09 bits per heavy atom. The Morgan fingerprint density at radius 3 is 2.68 bits per heavy atom. The third-order valence-corrected chi connectivity index (χ3v) is 4.88. The highest BCUT2D eigenvalue weighted by Gasteiger charge is 2.30. The van der Waals surface area contributed by atoms with E-state index in [9.17, 15) is 9.90 Å². The molecule has 3 rings (SSSR count). The standard InChI is InChI=1S/C15H16ClN3O2S/c1-9(14(21)10-2-4-11(16)5-3-10)22-15-18-17-13(8-20)19(15)12-6-7-12/h2-5,9,12,20H,6-8H2,1H3. The largest absolute Gasteiger partial charge is 0.388 e. The number of rotatable bonds is 6. The van der Waals surface area contributed by atoms with Gasteiger partial charge >= 0.3 is 0 Å². The quantitative estimate of drug-likeness (QED) is 0.648. The van der Waals surface area contributed by atoms with Gasteiger partial charge in [-0.15, -0.1) is 10.2 Å². The summed E-state index contributed by atoms with van der Waals surface area (Å²) < 4.78 is 1.95. The molecular weight excluding hydrogens is 322 g/mol. The van der Waals surface area contributed by atoms with Crippen LogP contribution >= 0.6 is 23.4 Å². The van der Waals surface area contributed by atoms with Crippen LogP contribution in [0.5, 0.6) is 0 Å². The number of hydrogen-bond acceptors (Lipinski definition) is 5. The van der Waals surface area contributed by atoms with Crippen molar-refractivity contribution in [1.82, 2.24) is 14.8 Å². The van der Waals surface area contributed by atoms with Crippen molar-refractivity contribution >= 4 is 29.1 Å². The third-order valence-electron chi connectivity index (χ3n) is 3.57. The van der Waals surface area contributed by atoms with Crippen LogP contribution in [0, 0.1) is 0 Å². The number of thioether (sulfide) groups is 1. The van der Waals surface area contributed by atoms with Gasteiger partial charge in [0.15, 0.2) is 16.8 Å². The molecule has 116 valence electrons. The van der Waals surface area contributed by atoms with Gasteiger partial charge < -0.3 is 9.67 Å². The van der Waals surface area contributed by atoms with Crippen molar-refractivity contribution in [2.24, 2.45) is 0 Å². The fourth-order valence-corrected chi connectivity index (χ4v) is 3.40. The van der Waals surface area contributed by atoms with Crippen molar-refractivity contribution in [1.29, 1.82) is 0 Å². The van der Waals surface area contributed by atoms with Gasteiger partial charge in [-0.1, -0.05) is 23.4 Å². The first-order valence-electron chi connectivity index (χ1n) is 7.11. The molecule has 0 bridgehead atoms. The number of aromatic nitrogens is 3. The molecule has 1 fully saturated rings. The van der Waals surface area contributed by atoms with Gasteiger partial charge in [-0.2, -0.15) is 0 Å². The maximum absolute atomic E-state index is 12.5. The number of nitrogens with zero attached hydrogens (tertiary/aromatic N) is 3. The second kappa shape index (κ2) is 6.40. The summed E-state index contributed by atoms with van der Waals surface area (Å²) >= 11 is 7.22. The van der Waals surface area contributed by atoms with Gasteiger partial charge in [-0.05, 0) is 44.0 Å². The number of Topliss-reactive ketones (excluding diaryl/α,β-unsaturated/α-hetero) is 1. The number of aliphatic hydroxyl groups is 1. The van der Waals surface area contributed by atoms with Gasteiger partial charge in [-0.3, -0.25) is 4.79 Å². The van der Waals surface area contributed by atoms with E-state index in [-0.39, 0.29) is 17.6 Å². The summed E-state index contributed by atoms with van der Waals surface area (Å²) in [5.41, 5.74) is 0.629. The Labute approximate surface area is 137 Å². The molecule has 5 nitrogen and oxygen atoms in total. The number of ketones is 1. The second-order valence-electron chi connectivity index (χ2n) is 5.29. The molecule has 0 aliphatic heterocycles. The summed E-state index contributed by atoms with van der Waals surface area (Å²) in [5, 5.41) is 18.5. The number of hydrogen-bond donors (Lipinski definition) is 1. The van der Waals surface area contributed by atoms with Crippen LogP contribution in [0.2, 0.25) is 5.02 Å². The zero-order valence-corrected chi connectivity index (χ0v) is 13.6. The van der Waals surface area contributed by atoms with Crippen molar-refractivity contribution in [2.45, 2.75) is 42.8 Å². The summed E-state index contributed by atoms with van der Waals surface area (Å²) in [6.45, 7) is 1.72.